The van der Waals surface area contributed by atoms with Gasteiger partial charge in [0.05, 0.1) is 11.3 Å². The zero-order chi connectivity index (χ0) is 15.0. The molecule has 112 valence electrons. The van der Waals surface area contributed by atoms with Crippen molar-refractivity contribution < 1.29 is 9.94 Å². The molecule has 0 aromatic heterocycles. The Hall–Kier alpha value is -2.13. The van der Waals surface area contributed by atoms with Gasteiger partial charge in [-0.15, -0.1) is 0 Å². The fraction of sp³-hybridized carbons (Fsp3) is 0.316. The quantitative estimate of drug-likeness (QED) is 0.876. The van der Waals surface area contributed by atoms with Gasteiger partial charge in [-0.25, -0.2) is 0 Å². The predicted octanol–water partition coefficient (Wildman–Crippen LogP) is 3.73. The third-order valence-electron chi connectivity index (χ3n) is 4.88. The van der Waals surface area contributed by atoms with E-state index in [1.165, 1.54) is 5.56 Å². The summed E-state index contributed by atoms with van der Waals surface area (Å²) in [6, 6.07) is 18.2. The van der Waals surface area contributed by atoms with E-state index in [9.17, 15) is 5.11 Å². The van der Waals surface area contributed by atoms with Crippen molar-refractivity contribution in [3.05, 3.63) is 71.3 Å². The van der Waals surface area contributed by atoms with Gasteiger partial charge < -0.3 is 9.94 Å². The van der Waals surface area contributed by atoms with Crippen molar-refractivity contribution in [3.63, 3.8) is 0 Å². The molecule has 2 aromatic rings. The van der Waals surface area contributed by atoms with Crippen molar-refractivity contribution in [2.24, 2.45) is 5.16 Å². The Morgan fingerprint density at radius 2 is 1.86 bits per heavy atom. The molecule has 0 heterocycles. The summed E-state index contributed by atoms with van der Waals surface area (Å²) in [5.74, 6) is 0.177. The van der Waals surface area contributed by atoms with Gasteiger partial charge in [0.15, 0.2) is 0 Å². The molecule has 1 fully saturated rings. The highest BCUT2D eigenvalue weighted by atomic mass is 16.6. The summed E-state index contributed by atoms with van der Waals surface area (Å²) in [6.45, 7) is 0.496. The number of fused-ring (bicyclic) bond motifs is 4. The van der Waals surface area contributed by atoms with Gasteiger partial charge in [0.1, 0.15) is 6.61 Å². The van der Waals surface area contributed by atoms with Crippen LogP contribution in [0, 0.1) is 0 Å². The Bertz CT molecular complexity index is 710. The topological polar surface area (TPSA) is 41.8 Å². The Morgan fingerprint density at radius 1 is 1.09 bits per heavy atom. The molecule has 4 rings (SSSR count). The number of benzene rings is 2. The average Bonchev–Trinajstić information content (AvgIpc) is 2.57. The van der Waals surface area contributed by atoms with Gasteiger partial charge >= 0.3 is 0 Å². The van der Waals surface area contributed by atoms with E-state index in [0.717, 1.165) is 36.1 Å². The Balaban J connectivity index is 1.44. The lowest BCUT2D eigenvalue weighted by Crippen LogP contribution is -2.47. The smallest absolute Gasteiger partial charge is 0.142 e. The second-order valence-corrected chi connectivity index (χ2v) is 6.18. The highest BCUT2D eigenvalue weighted by Crippen LogP contribution is 2.56. The molecule has 2 aromatic carbocycles. The first kappa shape index (κ1) is 13.5. The Labute approximate surface area is 130 Å². The molecule has 1 saturated carbocycles. The normalized spacial score (nSPS) is 27.7. The molecule has 0 spiro atoms. The van der Waals surface area contributed by atoms with Crippen molar-refractivity contribution in [1.29, 1.82) is 0 Å². The van der Waals surface area contributed by atoms with Crippen LogP contribution in [0.25, 0.3) is 0 Å². The molecule has 3 nitrogen and oxygen atoms in total. The fourth-order valence-electron chi connectivity index (χ4n) is 3.68. The first-order valence-corrected chi connectivity index (χ1v) is 7.81. The minimum atomic E-state index is -0.644. The molecule has 1 N–H and O–H groups in total. The van der Waals surface area contributed by atoms with Crippen LogP contribution >= 0.6 is 0 Å². The van der Waals surface area contributed by atoms with Gasteiger partial charge in [-0.3, -0.25) is 0 Å². The van der Waals surface area contributed by atoms with Crippen LogP contribution in [0.3, 0.4) is 0 Å². The molecular formula is C19H19NO2. The van der Waals surface area contributed by atoms with Crippen molar-refractivity contribution >= 4 is 5.71 Å². The van der Waals surface area contributed by atoms with Crippen LogP contribution in [-0.2, 0) is 17.0 Å². The van der Waals surface area contributed by atoms with Gasteiger partial charge in [0, 0.05) is 5.92 Å². The summed E-state index contributed by atoms with van der Waals surface area (Å²) < 4.78 is 0. The first-order valence-electron chi connectivity index (χ1n) is 7.81. The summed E-state index contributed by atoms with van der Waals surface area (Å²) in [5.41, 5.74) is 3.90. The average molecular weight is 293 g/mol. The van der Waals surface area contributed by atoms with E-state index in [2.05, 4.69) is 11.2 Å². The highest BCUT2D eigenvalue weighted by molar-refractivity contribution is 5.87. The molecule has 2 aliphatic carbocycles. The highest BCUT2D eigenvalue weighted by Gasteiger charge is 2.52. The van der Waals surface area contributed by atoms with Gasteiger partial charge in [0.2, 0.25) is 0 Å². The van der Waals surface area contributed by atoms with Crippen LogP contribution in [0.4, 0.5) is 0 Å². The van der Waals surface area contributed by atoms with Gasteiger partial charge in [0.25, 0.3) is 0 Å². The molecule has 3 heteroatoms. The van der Waals surface area contributed by atoms with Crippen molar-refractivity contribution in [2.45, 2.75) is 37.4 Å². The van der Waals surface area contributed by atoms with Crippen LogP contribution in [0.15, 0.2) is 59.8 Å². The maximum atomic E-state index is 10.8. The molecule has 0 bridgehead atoms. The number of rotatable bonds is 3. The summed E-state index contributed by atoms with van der Waals surface area (Å²) in [5, 5.41) is 15.1. The molecule has 0 amide bonds. The zero-order valence-corrected chi connectivity index (χ0v) is 12.4. The Kier molecular flexibility index (Phi) is 3.23. The second-order valence-electron chi connectivity index (χ2n) is 6.18. The van der Waals surface area contributed by atoms with Gasteiger partial charge in [-0.2, -0.15) is 0 Å². The number of nitrogens with zero attached hydrogens (tertiary/aromatic N) is 1. The van der Waals surface area contributed by atoms with Crippen molar-refractivity contribution in [3.8, 4) is 0 Å². The van der Waals surface area contributed by atoms with E-state index in [4.69, 9.17) is 4.84 Å². The lowest BCUT2D eigenvalue weighted by molar-refractivity contribution is -0.0327. The van der Waals surface area contributed by atoms with E-state index in [-0.39, 0.29) is 5.92 Å². The van der Waals surface area contributed by atoms with E-state index >= 15 is 0 Å². The molecule has 2 aliphatic rings. The summed E-state index contributed by atoms with van der Waals surface area (Å²) >= 11 is 0. The van der Waals surface area contributed by atoms with Crippen LogP contribution in [0.1, 0.15) is 41.9 Å². The van der Waals surface area contributed by atoms with E-state index in [0.29, 0.717) is 6.61 Å². The zero-order valence-electron chi connectivity index (χ0n) is 12.4. The molecule has 2 unspecified atom stereocenters. The third kappa shape index (κ3) is 2.13. The maximum Gasteiger partial charge on any atom is 0.142 e. The van der Waals surface area contributed by atoms with E-state index in [1.54, 1.807) is 0 Å². The minimum Gasteiger partial charge on any atom is -0.391 e. The van der Waals surface area contributed by atoms with Crippen molar-refractivity contribution in [1.82, 2.24) is 0 Å². The number of hydrogen-bond donors (Lipinski definition) is 1. The maximum absolute atomic E-state index is 10.8. The van der Waals surface area contributed by atoms with Gasteiger partial charge in [-0.1, -0.05) is 59.8 Å². The van der Waals surface area contributed by atoms with Crippen LogP contribution in [0.5, 0.6) is 0 Å². The summed E-state index contributed by atoms with van der Waals surface area (Å²) in [4.78, 5) is 5.49. The van der Waals surface area contributed by atoms with Crippen molar-refractivity contribution in [2.75, 3.05) is 0 Å². The first-order chi connectivity index (χ1) is 10.8. The van der Waals surface area contributed by atoms with Gasteiger partial charge in [-0.05, 0) is 36.0 Å². The number of oxime groups is 1. The van der Waals surface area contributed by atoms with Crippen LogP contribution in [0.2, 0.25) is 0 Å². The molecule has 2 atom stereocenters. The monoisotopic (exact) mass is 293 g/mol. The predicted molar refractivity (Wildman–Crippen MR) is 85.6 cm³/mol. The van der Waals surface area contributed by atoms with E-state index in [1.807, 2.05) is 48.5 Å². The molecular weight excluding hydrogens is 274 g/mol. The lowest BCUT2D eigenvalue weighted by atomic mass is 9.57. The fourth-order valence-corrected chi connectivity index (χ4v) is 3.68. The molecule has 0 radical (unpaired) electrons. The van der Waals surface area contributed by atoms with E-state index < -0.39 is 5.60 Å². The third-order valence-corrected chi connectivity index (χ3v) is 4.88. The molecule has 0 saturated heterocycles. The van der Waals surface area contributed by atoms with Crippen LogP contribution in [-0.4, -0.2) is 10.8 Å². The minimum absolute atomic E-state index is 0.177. The van der Waals surface area contributed by atoms with Crippen LogP contribution < -0.4 is 0 Å². The summed E-state index contributed by atoms with van der Waals surface area (Å²) in [7, 11) is 0. The largest absolute Gasteiger partial charge is 0.391 e. The number of hydrogen-bond acceptors (Lipinski definition) is 3. The number of aliphatic hydroxyl groups is 1. The SMILES string of the molecule is OC12CC/C(=N\OCc3ccccc3)CC1c1ccccc12. The second kappa shape index (κ2) is 5.25. The molecule has 22 heavy (non-hydrogen) atoms. The lowest BCUT2D eigenvalue weighted by Gasteiger charge is -2.50. The molecule has 0 aliphatic heterocycles. The Morgan fingerprint density at radius 3 is 2.73 bits per heavy atom. The standard InChI is InChI=1S/C19H19NO2/c21-19-11-10-15(20-22-13-14-6-2-1-3-7-14)12-18(19)16-8-4-5-9-17(16)19/h1-9,18,21H,10-13H2/b20-15+. The summed E-state index contributed by atoms with van der Waals surface area (Å²) in [6.07, 6.45) is 2.33.